The number of fused-ring (bicyclic) bond motifs is 1. The Kier molecular flexibility index (Phi) is 2.99. The number of aliphatic hydroxyl groups excluding tert-OH is 1. The quantitative estimate of drug-likeness (QED) is 0.730. The average molecular weight is 218 g/mol. The summed E-state index contributed by atoms with van der Waals surface area (Å²) in [6, 6.07) is 8.18. The van der Waals surface area contributed by atoms with Gasteiger partial charge in [0.05, 0.1) is 6.61 Å². The Balaban J connectivity index is 2.53. The molecule has 1 aromatic carbocycles. The Morgan fingerprint density at radius 1 is 1.38 bits per heavy atom. The highest BCUT2D eigenvalue weighted by Crippen LogP contribution is 2.29. The minimum atomic E-state index is -0.242. The molecule has 3 N–H and O–H groups in total. The van der Waals surface area contributed by atoms with Gasteiger partial charge >= 0.3 is 0 Å². The molecular weight excluding hydrogens is 200 g/mol. The first-order valence-corrected chi connectivity index (χ1v) is 5.53. The Morgan fingerprint density at radius 2 is 2.12 bits per heavy atom. The molecule has 0 bridgehead atoms. The van der Waals surface area contributed by atoms with E-state index in [0.29, 0.717) is 0 Å². The van der Waals surface area contributed by atoms with Crippen LogP contribution in [0.4, 0.5) is 0 Å². The molecule has 0 aliphatic heterocycles. The first-order chi connectivity index (χ1) is 7.71. The van der Waals surface area contributed by atoms with Gasteiger partial charge in [0.1, 0.15) is 0 Å². The number of hydrogen-bond donors (Lipinski definition) is 3. The zero-order valence-corrected chi connectivity index (χ0v) is 9.75. The van der Waals surface area contributed by atoms with Crippen molar-refractivity contribution in [1.29, 1.82) is 0 Å². The molecule has 0 saturated heterocycles. The van der Waals surface area contributed by atoms with Gasteiger partial charge in [0.15, 0.2) is 0 Å². The number of hydrogen-bond acceptors (Lipinski definition) is 2. The standard InChI is InChI=1S/C13H18N2O/c1-13(9-16,8-14-2)11-7-15-12-6-4-3-5-10(11)12/h3-7,14-16H,8-9H2,1-2H3. The number of aliphatic hydroxyl groups is 1. The molecule has 0 radical (unpaired) electrons. The van der Waals surface area contributed by atoms with E-state index in [1.54, 1.807) is 0 Å². The van der Waals surface area contributed by atoms with Crippen molar-refractivity contribution in [1.82, 2.24) is 10.3 Å². The van der Waals surface area contributed by atoms with Crippen LogP contribution in [0.3, 0.4) is 0 Å². The molecule has 0 spiro atoms. The number of aromatic nitrogens is 1. The molecule has 0 fully saturated rings. The lowest BCUT2D eigenvalue weighted by atomic mass is 9.83. The van der Waals surface area contributed by atoms with E-state index < -0.39 is 0 Å². The number of likely N-dealkylation sites (N-methyl/N-ethyl adjacent to an activating group) is 1. The summed E-state index contributed by atoms with van der Waals surface area (Å²) in [5.41, 5.74) is 2.04. The fraction of sp³-hybridized carbons (Fsp3) is 0.385. The van der Waals surface area contributed by atoms with Crippen LogP contribution in [0.15, 0.2) is 30.5 Å². The second-order valence-corrected chi connectivity index (χ2v) is 4.50. The zero-order valence-electron chi connectivity index (χ0n) is 9.75. The summed E-state index contributed by atoms with van der Waals surface area (Å²) >= 11 is 0. The fourth-order valence-electron chi connectivity index (χ4n) is 2.20. The Hall–Kier alpha value is -1.32. The molecule has 1 aromatic heterocycles. The van der Waals surface area contributed by atoms with Gasteiger partial charge in [0.25, 0.3) is 0 Å². The molecule has 1 unspecified atom stereocenters. The topological polar surface area (TPSA) is 48.0 Å². The van der Waals surface area contributed by atoms with Crippen LogP contribution < -0.4 is 5.32 Å². The van der Waals surface area contributed by atoms with Crippen LogP contribution in [0.25, 0.3) is 10.9 Å². The van der Waals surface area contributed by atoms with Gasteiger partial charge in [-0.1, -0.05) is 25.1 Å². The normalized spacial score (nSPS) is 15.2. The van der Waals surface area contributed by atoms with Gasteiger partial charge in [0, 0.05) is 29.1 Å². The third-order valence-electron chi connectivity index (χ3n) is 3.16. The van der Waals surface area contributed by atoms with E-state index in [1.165, 1.54) is 10.9 Å². The maximum Gasteiger partial charge on any atom is 0.0538 e. The van der Waals surface area contributed by atoms with Crippen LogP contribution in [0, 0.1) is 0 Å². The monoisotopic (exact) mass is 218 g/mol. The summed E-state index contributed by atoms with van der Waals surface area (Å²) in [6.07, 6.45) is 2.00. The van der Waals surface area contributed by atoms with Crippen molar-refractivity contribution in [3.8, 4) is 0 Å². The van der Waals surface area contributed by atoms with Crippen molar-refractivity contribution in [3.05, 3.63) is 36.0 Å². The molecule has 2 rings (SSSR count). The second-order valence-electron chi connectivity index (χ2n) is 4.50. The number of aromatic amines is 1. The third kappa shape index (κ3) is 1.72. The molecule has 3 heteroatoms. The summed E-state index contributed by atoms with van der Waals surface area (Å²) in [5, 5.41) is 13.9. The lowest BCUT2D eigenvalue weighted by Gasteiger charge is -2.26. The lowest BCUT2D eigenvalue weighted by molar-refractivity contribution is 0.205. The maximum atomic E-state index is 9.59. The SMILES string of the molecule is CNCC(C)(CO)c1c[nH]c2ccccc12. The largest absolute Gasteiger partial charge is 0.395 e. The molecule has 3 nitrogen and oxygen atoms in total. The van der Waals surface area contributed by atoms with E-state index in [-0.39, 0.29) is 12.0 Å². The van der Waals surface area contributed by atoms with E-state index in [9.17, 15) is 5.11 Å². The van der Waals surface area contributed by atoms with Crippen molar-refractivity contribution in [3.63, 3.8) is 0 Å². The average Bonchev–Trinajstić information content (AvgIpc) is 2.73. The van der Waals surface area contributed by atoms with Crippen LogP contribution in [0.5, 0.6) is 0 Å². The van der Waals surface area contributed by atoms with E-state index in [2.05, 4.69) is 29.4 Å². The van der Waals surface area contributed by atoms with Crippen molar-refractivity contribution in [2.75, 3.05) is 20.2 Å². The van der Waals surface area contributed by atoms with Crippen molar-refractivity contribution >= 4 is 10.9 Å². The lowest BCUT2D eigenvalue weighted by Crippen LogP contribution is -2.37. The highest BCUT2D eigenvalue weighted by atomic mass is 16.3. The van der Waals surface area contributed by atoms with Crippen LogP contribution in [0.1, 0.15) is 12.5 Å². The number of nitrogens with one attached hydrogen (secondary N) is 2. The van der Waals surface area contributed by atoms with Gasteiger partial charge in [-0.15, -0.1) is 0 Å². The predicted molar refractivity (Wildman–Crippen MR) is 66.7 cm³/mol. The second kappa shape index (κ2) is 4.28. The number of rotatable bonds is 4. The molecular formula is C13H18N2O. The van der Waals surface area contributed by atoms with Gasteiger partial charge in [-0.2, -0.15) is 0 Å². The number of H-pyrrole nitrogens is 1. The van der Waals surface area contributed by atoms with Crippen molar-refractivity contribution in [2.45, 2.75) is 12.3 Å². The molecule has 86 valence electrons. The van der Waals surface area contributed by atoms with Crippen molar-refractivity contribution < 1.29 is 5.11 Å². The Labute approximate surface area is 95.5 Å². The first kappa shape index (κ1) is 11.2. The van der Waals surface area contributed by atoms with Crippen LogP contribution in [0.2, 0.25) is 0 Å². The van der Waals surface area contributed by atoms with E-state index >= 15 is 0 Å². The molecule has 0 saturated carbocycles. The summed E-state index contributed by atoms with van der Waals surface area (Å²) in [5.74, 6) is 0. The highest BCUT2D eigenvalue weighted by Gasteiger charge is 2.27. The van der Waals surface area contributed by atoms with E-state index in [0.717, 1.165) is 12.1 Å². The Bertz CT molecular complexity index is 477. The Morgan fingerprint density at radius 3 is 2.81 bits per heavy atom. The fourth-order valence-corrected chi connectivity index (χ4v) is 2.20. The summed E-state index contributed by atoms with van der Waals surface area (Å²) in [7, 11) is 1.91. The zero-order chi connectivity index (χ0) is 11.6. The van der Waals surface area contributed by atoms with Gasteiger partial charge in [0.2, 0.25) is 0 Å². The minimum absolute atomic E-state index is 0.135. The highest BCUT2D eigenvalue weighted by molar-refractivity contribution is 5.84. The number of benzene rings is 1. The molecule has 1 heterocycles. The third-order valence-corrected chi connectivity index (χ3v) is 3.16. The molecule has 16 heavy (non-hydrogen) atoms. The van der Waals surface area contributed by atoms with Gasteiger partial charge in [-0.3, -0.25) is 0 Å². The van der Waals surface area contributed by atoms with Gasteiger partial charge in [-0.25, -0.2) is 0 Å². The van der Waals surface area contributed by atoms with Crippen LogP contribution in [-0.2, 0) is 5.41 Å². The van der Waals surface area contributed by atoms with Crippen molar-refractivity contribution in [2.24, 2.45) is 0 Å². The van der Waals surface area contributed by atoms with Crippen LogP contribution >= 0.6 is 0 Å². The predicted octanol–water partition coefficient (Wildman–Crippen LogP) is 1.64. The summed E-state index contributed by atoms with van der Waals surface area (Å²) in [4.78, 5) is 3.25. The molecule has 0 aliphatic carbocycles. The van der Waals surface area contributed by atoms with Gasteiger partial charge in [-0.05, 0) is 18.7 Å². The molecule has 2 aromatic rings. The van der Waals surface area contributed by atoms with E-state index in [4.69, 9.17) is 0 Å². The maximum absolute atomic E-state index is 9.59. The number of para-hydroxylation sites is 1. The first-order valence-electron chi connectivity index (χ1n) is 5.53. The van der Waals surface area contributed by atoms with E-state index in [1.807, 2.05) is 25.4 Å². The summed E-state index contributed by atoms with van der Waals surface area (Å²) in [6.45, 7) is 2.96. The smallest absolute Gasteiger partial charge is 0.0538 e. The van der Waals surface area contributed by atoms with Crippen LogP contribution in [-0.4, -0.2) is 30.3 Å². The molecule has 0 amide bonds. The summed E-state index contributed by atoms with van der Waals surface area (Å²) < 4.78 is 0. The molecule has 0 aliphatic rings. The molecule has 1 atom stereocenters. The minimum Gasteiger partial charge on any atom is -0.395 e. The van der Waals surface area contributed by atoms with Gasteiger partial charge < -0.3 is 15.4 Å².